The Kier molecular flexibility index (Phi) is 5.15. The Labute approximate surface area is 117 Å². The van der Waals surface area contributed by atoms with Crippen molar-refractivity contribution in [1.82, 2.24) is 4.98 Å². The van der Waals surface area contributed by atoms with Crippen LogP contribution in [-0.2, 0) is 20.7 Å². The van der Waals surface area contributed by atoms with Crippen LogP contribution in [0.3, 0.4) is 0 Å². The Bertz CT molecular complexity index is 416. The molecule has 2 heterocycles. The van der Waals surface area contributed by atoms with Crippen LogP contribution in [0.2, 0.25) is 0 Å². The number of nitrogens with zero attached hydrogens (tertiary/aromatic N) is 2. The number of hydrogen-bond acceptors (Lipinski definition) is 6. The van der Waals surface area contributed by atoms with Gasteiger partial charge < -0.3 is 14.4 Å². The second kappa shape index (κ2) is 6.86. The van der Waals surface area contributed by atoms with E-state index >= 15 is 0 Å². The lowest BCUT2D eigenvalue weighted by molar-refractivity contribution is -0.139. The van der Waals surface area contributed by atoms with Crippen LogP contribution >= 0.6 is 11.3 Å². The summed E-state index contributed by atoms with van der Waals surface area (Å²) in [6, 6.07) is 0. The molecule has 0 bridgehead atoms. The number of anilines is 1. The maximum atomic E-state index is 11.2. The van der Waals surface area contributed by atoms with E-state index in [4.69, 9.17) is 4.74 Å². The molecule has 0 aliphatic carbocycles. The van der Waals surface area contributed by atoms with Crippen molar-refractivity contribution < 1.29 is 14.3 Å². The Morgan fingerprint density at radius 3 is 3.21 bits per heavy atom. The summed E-state index contributed by atoms with van der Waals surface area (Å²) in [5.41, 5.74) is 0.776. The molecule has 1 aliphatic heterocycles. The molecule has 106 valence electrons. The Morgan fingerprint density at radius 1 is 1.68 bits per heavy atom. The lowest BCUT2D eigenvalue weighted by atomic mass is 10.0. The van der Waals surface area contributed by atoms with Gasteiger partial charge in [0.25, 0.3) is 0 Å². The van der Waals surface area contributed by atoms with E-state index in [1.165, 1.54) is 13.5 Å². The van der Waals surface area contributed by atoms with Crippen molar-refractivity contribution in [3.63, 3.8) is 0 Å². The first-order valence-corrected chi connectivity index (χ1v) is 7.37. The van der Waals surface area contributed by atoms with Crippen molar-refractivity contribution in [3.05, 3.63) is 11.1 Å². The highest BCUT2D eigenvalue weighted by molar-refractivity contribution is 7.13. The van der Waals surface area contributed by atoms with Crippen LogP contribution < -0.4 is 4.90 Å². The molecule has 6 heteroatoms. The van der Waals surface area contributed by atoms with Gasteiger partial charge in [-0.2, -0.15) is 0 Å². The summed E-state index contributed by atoms with van der Waals surface area (Å²) in [6.45, 7) is 2.68. The highest BCUT2D eigenvalue weighted by Gasteiger charge is 2.18. The summed E-state index contributed by atoms with van der Waals surface area (Å²) in [4.78, 5) is 17.8. The van der Waals surface area contributed by atoms with Crippen LogP contribution in [0.4, 0.5) is 5.13 Å². The predicted molar refractivity (Wildman–Crippen MR) is 74.6 cm³/mol. The molecule has 0 radical (unpaired) electrons. The van der Waals surface area contributed by atoms with Crippen molar-refractivity contribution in [2.45, 2.75) is 19.3 Å². The van der Waals surface area contributed by atoms with Crippen LogP contribution in [0.25, 0.3) is 0 Å². The molecular formula is C13H20N2O3S. The van der Waals surface area contributed by atoms with Crippen LogP contribution in [0.15, 0.2) is 5.38 Å². The molecule has 1 unspecified atom stereocenters. The molecule has 0 saturated carbocycles. The van der Waals surface area contributed by atoms with Gasteiger partial charge in [0.1, 0.15) is 0 Å². The van der Waals surface area contributed by atoms with Crippen LogP contribution in [-0.4, -0.2) is 44.9 Å². The minimum absolute atomic E-state index is 0.243. The molecule has 1 aliphatic rings. The zero-order chi connectivity index (χ0) is 13.7. The van der Waals surface area contributed by atoms with E-state index in [-0.39, 0.29) is 12.4 Å². The van der Waals surface area contributed by atoms with Gasteiger partial charge in [0.15, 0.2) is 5.13 Å². The number of thiazole rings is 1. The molecule has 2 rings (SSSR count). The standard InChI is InChI=1S/C13H20N2O3S/c1-15(7-10-4-3-5-18-8-10)13-14-11(9-19-13)6-12(16)17-2/h9-10H,3-8H2,1-2H3. The lowest BCUT2D eigenvalue weighted by Crippen LogP contribution is -2.30. The second-order valence-corrected chi connectivity index (χ2v) is 5.67. The smallest absolute Gasteiger partial charge is 0.311 e. The predicted octanol–water partition coefficient (Wildman–Crippen LogP) is 1.72. The van der Waals surface area contributed by atoms with Crippen molar-refractivity contribution in [2.75, 3.05) is 38.8 Å². The molecule has 1 fully saturated rings. The van der Waals surface area contributed by atoms with Gasteiger partial charge in [-0.3, -0.25) is 4.79 Å². The van der Waals surface area contributed by atoms with Crippen LogP contribution in [0.5, 0.6) is 0 Å². The molecule has 1 saturated heterocycles. The van der Waals surface area contributed by atoms with E-state index in [2.05, 4.69) is 14.6 Å². The first-order valence-electron chi connectivity index (χ1n) is 6.49. The lowest BCUT2D eigenvalue weighted by Gasteiger charge is -2.26. The average molecular weight is 284 g/mol. The van der Waals surface area contributed by atoms with E-state index in [1.807, 2.05) is 12.4 Å². The second-order valence-electron chi connectivity index (χ2n) is 4.84. The third-order valence-corrected chi connectivity index (χ3v) is 4.21. The summed E-state index contributed by atoms with van der Waals surface area (Å²) >= 11 is 1.56. The minimum Gasteiger partial charge on any atom is -0.469 e. The monoisotopic (exact) mass is 284 g/mol. The summed E-state index contributed by atoms with van der Waals surface area (Å²) in [6.07, 6.45) is 2.60. The van der Waals surface area contributed by atoms with E-state index in [9.17, 15) is 4.79 Å². The maximum Gasteiger partial charge on any atom is 0.311 e. The SMILES string of the molecule is COC(=O)Cc1csc(N(C)CC2CCCOC2)n1. The summed E-state index contributed by atoms with van der Waals surface area (Å²) in [5, 5.41) is 2.87. The van der Waals surface area contributed by atoms with Crippen molar-refractivity contribution in [3.8, 4) is 0 Å². The fourth-order valence-electron chi connectivity index (χ4n) is 2.19. The molecule has 1 atom stereocenters. The number of rotatable bonds is 5. The molecule has 1 aromatic heterocycles. The first kappa shape index (κ1) is 14.3. The number of aromatic nitrogens is 1. The Morgan fingerprint density at radius 2 is 2.53 bits per heavy atom. The number of esters is 1. The van der Waals surface area contributed by atoms with Crippen LogP contribution in [0, 0.1) is 5.92 Å². The normalized spacial score (nSPS) is 19.2. The third-order valence-electron chi connectivity index (χ3n) is 3.21. The fraction of sp³-hybridized carbons (Fsp3) is 0.692. The van der Waals surface area contributed by atoms with Gasteiger partial charge in [0, 0.05) is 25.6 Å². The van der Waals surface area contributed by atoms with Gasteiger partial charge in [-0.25, -0.2) is 4.98 Å². The van der Waals surface area contributed by atoms with E-state index < -0.39 is 0 Å². The van der Waals surface area contributed by atoms with E-state index in [0.29, 0.717) is 5.92 Å². The van der Waals surface area contributed by atoms with Gasteiger partial charge in [0.2, 0.25) is 0 Å². The van der Waals surface area contributed by atoms with Crippen molar-refractivity contribution >= 4 is 22.4 Å². The number of carbonyl (C=O) groups is 1. The van der Waals surface area contributed by atoms with Crippen molar-refractivity contribution in [1.29, 1.82) is 0 Å². The fourth-order valence-corrected chi connectivity index (χ4v) is 2.99. The Balaban J connectivity index is 1.88. The molecule has 5 nitrogen and oxygen atoms in total. The van der Waals surface area contributed by atoms with Gasteiger partial charge in [-0.15, -0.1) is 11.3 Å². The zero-order valence-corrected chi connectivity index (χ0v) is 12.2. The van der Waals surface area contributed by atoms with Gasteiger partial charge >= 0.3 is 5.97 Å². The summed E-state index contributed by atoms with van der Waals surface area (Å²) < 4.78 is 10.1. The minimum atomic E-state index is -0.250. The first-order chi connectivity index (χ1) is 9.19. The van der Waals surface area contributed by atoms with Crippen LogP contribution in [0.1, 0.15) is 18.5 Å². The number of carbonyl (C=O) groups excluding carboxylic acids is 1. The summed E-state index contributed by atoms with van der Waals surface area (Å²) in [7, 11) is 3.43. The van der Waals surface area contributed by atoms with Gasteiger partial charge in [0.05, 0.1) is 25.8 Å². The van der Waals surface area contributed by atoms with Crippen molar-refractivity contribution in [2.24, 2.45) is 5.92 Å². The quantitative estimate of drug-likeness (QED) is 0.771. The topological polar surface area (TPSA) is 51.7 Å². The molecule has 0 spiro atoms. The molecule has 19 heavy (non-hydrogen) atoms. The molecule has 0 N–H and O–H groups in total. The number of ether oxygens (including phenoxy) is 2. The number of hydrogen-bond donors (Lipinski definition) is 0. The third kappa shape index (κ3) is 4.18. The molecular weight excluding hydrogens is 264 g/mol. The highest BCUT2D eigenvalue weighted by atomic mass is 32.1. The zero-order valence-electron chi connectivity index (χ0n) is 11.4. The molecule has 0 amide bonds. The largest absolute Gasteiger partial charge is 0.469 e. The number of methoxy groups -OCH3 is 1. The van der Waals surface area contributed by atoms with E-state index in [1.54, 1.807) is 11.3 Å². The average Bonchev–Trinajstić information content (AvgIpc) is 2.88. The van der Waals surface area contributed by atoms with Gasteiger partial charge in [-0.05, 0) is 18.8 Å². The molecule has 0 aromatic carbocycles. The summed E-state index contributed by atoms with van der Waals surface area (Å²) in [5.74, 6) is 0.326. The van der Waals surface area contributed by atoms with Gasteiger partial charge in [-0.1, -0.05) is 0 Å². The highest BCUT2D eigenvalue weighted by Crippen LogP contribution is 2.23. The maximum absolute atomic E-state index is 11.2. The Hall–Kier alpha value is -1.14. The van der Waals surface area contributed by atoms with E-state index in [0.717, 1.165) is 37.0 Å². The molecule has 1 aromatic rings.